The second kappa shape index (κ2) is 6.12. The van der Waals surface area contributed by atoms with Crippen LogP contribution in [0, 0.1) is 5.92 Å². The fourth-order valence-corrected chi connectivity index (χ4v) is 2.79. The minimum Gasteiger partial charge on any atom is -0.476 e. The first-order valence-corrected chi connectivity index (χ1v) is 6.89. The highest BCUT2D eigenvalue weighted by Crippen LogP contribution is 2.24. The Bertz CT molecular complexity index is 372. The molecule has 0 spiro atoms. The second-order valence-corrected chi connectivity index (χ2v) is 5.33. The van der Waals surface area contributed by atoms with Gasteiger partial charge < -0.3 is 9.84 Å². The Kier molecular flexibility index (Phi) is 4.50. The van der Waals surface area contributed by atoms with Crippen molar-refractivity contribution in [1.29, 1.82) is 0 Å². The third-order valence-electron chi connectivity index (χ3n) is 3.06. The highest BCUT2D eigenvalue weighted by Gasteiger charge is 2.14. The Labute approximate surface area is 105 Å². The lowest BCUT2D eigenvalue weighted by Crippen LogP contribution is -2.13. The molecule has 0 aliphatic heterocycles. The van der Waals surface area contributed by atoms with Crippen molar-refractivity contribution in [2.75, 3.05) is 6.61 Å². The summed E-state index contributed by atoms with van der Waals surface area (Å²) in [4.78, 5) is 14.6. The van der Waals surface area contributed by atoms with Gasteiger partial charge in [0.2, 0.25) is 5.01 Å². The molecule has 1 heterocycles. The van der Waals surface area contributed by atoms with E-state index >= 15 is 0 Å². The molecule has 1 saturated carbocycles. The van der Waals surface area contributed by atoms with Crippen LogP contribution in [0.1, 0.15) is 47.6 Å². The van der Waals surface area contributed by atoms with Gasteiger partial charge in [0.1, 0.15) is 0 Å². The number of hydrogen-bond donors (Lipinski definition) is 1. The van der Waals surface area contributed by atoms with Gasteiger partial charge in [-0.15, -0.1) is 11.3 Å². The lowest BCUT2D eigenvalue weighted by molar-refractivity contribution is 0.0684. The molecule has 0 amide bonds. The molecular formula is C12H17NO3S. The molecule has 5 heteroatoms. The van der Waals surface area contributed by atoms with Gasteiger partial charge in [-0.05, 0) is 18.8 Å². The van der Waals surface area contributed by atoms with Crippen LogP contribution in [0.3, 0.4) is 0 Å². The summed E-state index contributed by atoms with van der Waals surface area (Å²) in [7, 11) is 0. The Balaban J connectivity index is 1.71. The predicted octanol–water partition coefficient (Wildman–Crippen LogP) is 2.94. The quantitative estimate of drug-likeness (QED) is 0.878. The van der Waals surface area contributed by atoms with Crippen molar-refractivity contribution in [3.8, 4) is 0 Å². The van der Waals surface area contributed by atoms with Crippen molar-refractivity contribution < 1.29 is 14.6 Å². The molecule has 2 rings (SSSR count). The molecule has 0 saturated heterocycles. The summed E-state index contributed by atoms with van der Waals surface area (Å²) in [6.07, 6.45) is 6.50. The fraction of sp³-hybridized carbons (Fsp3) is 0.667. The molecule has 0 radical (unpaired) electrons. The van der Waals surface area contributed by atoms with Gasteiger partial charge in [0.15, 0.2) is 0 Å². The van der Waals surface area contributed by atoms with E-state index in [2.05, 4.69) is 4.98 Å². The molecule has 1 N–H and O–H groups in total. The highest BCUT2D eigenvalue weighted by molar-refractivity contribution is 7.11. The summed E-state index contributed by atoms with van der Waals surface area (Å²) >= 11 is 1.15. The van der Waals surface area contributed by atoms with Crippen LogP contribution < -0.4 is 0 Å². The summed E-state index contributed by atoms with van der Waals surface area (Å²) < 4.78 is 5.60. The fourth-order valence-electron chi connectivity index (χ4n) is 2.16. The van der Waals surface area contributed by atoms with Crippen LogP contribution in [0.25, 0.3) is 0 Å². The van der Waals surface area contributed by atoms with E-state index in [0.717, 1.165) is 23.6 Å². The lowest BCUT2D eigenvalue weighted by atomic mass is 9.90. The van der Waals surface area contributed by atoms with Gasteiger partial charge in [0.25, 0.3) is 0 Å². The maximum atomic E-state index is 10.6. The molecule has 0 atom stereocenters. The number of hydrogen-bond acceptors (Lipinski definition) is 4. The molecule has 1 aromatic heterocycles. The second-order valence-electron chi connectivity index (χ2n) is 4.47. The van der Waals surface area contributed by atoms with Crippen LogP contribution >= 0.6 is 11.3 Å². The Morgan fingerprint density at radius 1 is 1.47 bits per heavy atom. The molecule has 4 nitrogen and oxygen atoms in total. The molecule has 1 aliphatic rings. The zero-order valence-electron chi connectivity index (χ0n) is 9.72. The number of carboxylic acids is 1. The molecule has 1 aliphatic carbocycles. The van der Waals surface area contributed by atoms with Crippen LogP contribution in [0.15, 0.2) is 5.38 Å². The van der Waals surface area contributed by atoms with Gasteiger partial charge in [-0.25, -0.2) is 9.78 Å². The summed E-state index contributed by atoms with van der Waals surface area (Å²) in [5.74, 6) is -0.283. The van der Waals surface area contributed by atoms with E-state index in [1.807, 2.05) is 0 Å². The standard InChI is InChI=1S/C12H17NO3S/c14-12(15)11-13-10(8-17-11)7-16-6-9-4-2-1-3-5-9/h8-9H,1-7H2,(H,14,15). The normalized spacial score (nSPS) is 17.2. The zero-order chi connectivity index (χ0) is 12.1. The van der Waals surface area contributed by atoms with Gasteiger partial charge in [0.05, 0.1) is 12.3 Å². The Morgan fingerprint density at radius 2 is 2.24 bits per heavy atom. The average molecular weight is 255 g/mol. The number of carbonyl (C=O) groups is 1. The molecule has 0 bridgehead atoms. The average Bonchev–Trinajstić information content (AvgIpc) is 2.79. The summed E-state index contributed by atoms with van der Waals surface area (Å²) in [6, 6.07) is 0. The Hall–Kier alpha value is -0.940. The van der Waals surface area contributed by atoms with Crippen molar-refractivity contribution in [3.63, 3.8) is 0 Å². The van der Waals surface area contributed by atoms with E-state index in [-0.39, 0.29) is 5.01 Å². The SMILES string of the molecule is O=C(O)c1nc(COCC2CCCCC2)cs1. The van der Waals surface area contributed by atoms with Crippen LogP contribution in [0.2, 0.25) is 0 Å². The summed E-state index contributed by atoms with van der Waals surface area (Å²) in [6.45, 7) is 1.21. The number of ether oxygens (including phenoxy) is 1. The van der Waals surface area contributed by atoms with E-state index in [1.54, 1.807) is 5.38 Å². The number of carboxylic acid groups (broad SMARTS) is 1. The van der Waals surface area contributed by atoms with Crippen molar-refractivity contribution in [3.05, 3.63) is 16.1 Å². The minimum absolute atomic E-state index is 0.140. The summed E-state index contributed by atoms with van der Waals surface area (Å²) in [5.41, 5.74) is 0.725. The van der Waals surface area contributed by atoms with Gasteiger partial charge in [0, 0.05) is 12.0 Å². The van der Waals surface area contributed by atoms with Crippen LogP contribution in [0.5, 0.6) is 0 Å². The van der Waals surface area contributed by atoms with Gasteiger partial charge >= 0.3 is 5.97 Å². The first kappa shape index (κ1) is 12.5. The smallest absolute Gasteiger partial charge is 0.365 e. The molecule has 1 fully saturated rings. The van der Waals surface area contributed by atoms with Crippen LogP contribution in [-0.2, 0) is 11.3 Å². The third kappa shape index (κ3) is 3.78. The number of rotatable bonds is 5. The number of aromatic nitrogens is 1. The van der Waals surface area contributed by atoms with Gasteiger partial charge in [-0.1, -0.05) is 19.3 Å². The number of aromatic carboxylic acids is 1. The first-order chi connectivity index (χ1) is 8.25. The summed E-state index contributed by atoms with van der Waals surface area (Å²) in [5, 5.41) is 10.6. The Morgan fingerprint density at radius 3 is 2.88 bits per heavy atom. The largest absolute Gasteiger partial charge is 0.476 e. The molecule has 1 aromatic rings. The van der Waals surface area contributed by atoms with E-state index < -0.39 is 5.97 Å². The van der Waals surface area contributed by atoms with E-state index in [9.17, 15) is 4.79 Å². The number of nitrogens with zero attached hydrogens (tertiary/aromatic N) is 1. The molecule has 0 aromatic carbocycles. The minimum atomic E-state index is -0.964. The van der Waals surface area contributed by atoms with Crippen molar-refractivity contribution >= 4 is 17.3 Å². The van der Waals surface area contributed by atoms with Crippen molar-refractivity contribution in [2.24, 2.45) is 5.92 Å². The monoisotopic (exact) mass is 255 g/mol. The molecule has 17 heavy (non-hydrogen) atoms. The van der Waals surface area contributed by atoms with Gasteiger partial charge in [-0.3, -0.25) is 0 Å². The maximum absolute atomic E-state index is 10.6. The maximum Gasteiger partial charge on any atom is 0.365 e. The molecule has 94 valence electrons. The van der Waals surface area contributed by atoms with E-state index in [0.29, 0.717) is 12.5 Å². The van der Waals surface area contributed by atoms with Gasteiger partial charge in [-0.2, -0.15) is 0 Å². The topological polar surface area (TPSA) is 59.4 Å². The first-order valence-electron chi connectivity index (χ1n) is 6.01. The molecular weight excluding hydrogens is 238 g/mol. The van der Waals surface area contributed by atoms with Crippen molar-refractivity contribution in [2.45, 2.75) is 38.7 Å². The molecule has 0 unspecified atom stereocenters. The van der Waals surface area contributed by atoms with Crippen LogP contribution in [-0.4, -0.2) is 22.7 Å². The zero-order valence-corrected chi connectivity index (χ0v) is 10.5. The van der Waals surface area contributed by atoms with Crippen LogP contribution in [0.4, 0.5) is 0 Å². The predicted molar refractivity (Wildman–Crippen MR) is 65.3 cm³/mol. The highest BCUT2D eigenvalue weighted by atomic mass is 32.1. The van der Waals surface area contributed by atoms with Crippen molar-refractivity contribution in [1.82, 2.24) is 4.98 Å². The lowest BCUT2D eigenvalue weighted by Gasteiger charge is -2.20. The number of thiazole rings is 1. The third-order valence-corrected chi connectivity index (χ3v) is 3.94. The van der Waals surface area contributed by atoms with E-state index in [4.69, 9.17) is 9.84 Å². The van der Waals surface area contributed by atoms with E-state index in [1.165, 1.54) is 32.1 Å².